The van der Waals surface area contributed by atoms with E-state index in [4.69, 9.17) is 23.7 Å². The van der Waals surface area contributed by atoms with Crippen molar-refractivity contribution in [2.24, 2.45) is 0 Å². The lowest BCUT2D eigenvalue weighted by Crippen LogP contribution is -2.43. The predicted octanol–water partition coefficient (Wildman–Crippen LogP) is 5.16. The summed E-state index contributed by atoms with van der Waals surface area (Å²) in [5.41, 5.74) is 0.631. The first-order chi connectivity index (χ1) is 19.2. The van der Waals surface area contributed by atoms with Gasteiger partial charge in [0, 0.05) is 19.4 Å². The molecule has 40 heavy (non-hydrogen) atoms. The third-order valence-electron chi connectivity index (χ3n) is 5.74. The highest BCUT2D eigenvalue weighted by atomic mass is 16.7. The van der Waals surface area contributed by atoms with Gasteiger partial charge in [-0.05, 0) is 56.0 Å². The maximum Gasteiger partial charge on any atom is 0.514 e. The molecule has 0 aromatic heterocycles. The molecule has 2 atom stereocenters. The number of nitrogens with one attached hydrogen (secondary N) is 1. The van der Waals surface area contributed by atoms with Crippen LogP contribution in [0.1, 0.15) is 64.9 Å². The summed E-state index contributed by atoms with van der Waals surface area (Å²) in [6.45, 7) is 5.73. The zero-order chi connectivity index (χ0) is 29.3. The maximum absolute atomic E-state index is 12.5. The second-order valence-electron chi connectivity index (χ2n) is 9.22. The SMILES string of the molecule is CCCCC(=O)Oc1ccc(C[C@H](NCC(C)OC(=O)Oc2ccccc2)C(=O)OC)cc1OC(=O)CCCC. The van der Waals surface area contributed by atoms with E-state index in [1.165, 1.54) is 7.11 Å². The van der Waals surface area contributed by atoms with Gasteiger partial charge in [0.2, 0.25) is 0 Å². The van der Waals surface area contributed by atoms with Crippen LogP contribution < -0.4 is 19.5 Å². The number of para-hydroxylation sites is 1. The molecule has 0 fully saturated rings. The van der Waals surface area contributed by atoms with Gasteiger partial charge in [0.05, 0.1) is 7.11 Å². The van der Waals surface area contributed by atoms with Crippen molar-refractivity contribution in [2.45, 2.75) is 77.9 Å². The standard InChI is InChI=1S/C30H39NO9/c1-5-7-14-27(32)39-25-17-16-22(19-26(25)40-28(33)15-8-6-2)18-24(29(34)36-4)31-20-21(3)37-30(35)38-23-12-10-9-11-13-23/h9-13,16-17,19,21,24,31H,5-8,14-15,18,20H2,1-4H3/t21?,24-/m0/s1. The van der Waals surface area contributed by atoms with E-state index in [1.807, 2.05) is 13.8 Å². The molecule has 2 aromatic rings. The number of hydrogen-bond acceptors (Lipinski definition) is 10. The number of benzene rings is 2. The number of rotatable bonds is 16. The van der Waals surface area contributed by atoms with E-state index in [9.17, 15) is 19.2 Å². The van der Waals surface area contributed by atoms with Crippen molar-refractivity contribution in [1.29, 1.82) is 0 Å². The number of esters is 3. The highest BCUT2D eigenvalue weighted by Gasteiger charge is 2.23. The molecule has 0 amide bonds. The largest absolute Gasteiger partial charge is 0.514 e. The second-order valence-corrected chi connectivity index (χ2v) is 9.22. The molecule has 10 heteroatoms. The number of ether oxygens (including phenoxy) is 5. The maximum atomic E-state index is 12.5. The zero-order valence-corrected chi connectivity index (χ0v) is 23.6. The van der Waals surface area contributed by atoms with Gasteiger partial charge < -0.3 is 29.0 Å². The van der Waals surface area contributed by atoms with Crippen LogP contribution in [-0.2, 0) is 30.3 Å². The van der Waals surface area contributed by atoms with Crippen LogP contribution in [0.25, 0.3) is 0 Å². The summed E-state index contributed by atoms with van der Waals surface area (Å²) in [5, 5.41) is 3.05. The smallest absolute Gasteiger partial charge is 0.468 e. The number of methoxy groups -OCH3 is 1. The topological polar surface area (TPSA) is 126 Å². The Morgan fingerprint density at radius 3 is 2.05 bits per heavy atom. The van der Waals surface area contributed by atoms with Gasteiger partial charge in [-0.25, -0.2) is 4.79 Å². The Kier molecular flexibility index (Phi) is 14.2. The Balaban J connectivity index is 2.09. The normalized spacial score (nSPS) is 12.1. The first kappa shape index (κ1) is 32.3. The fraction of sp³-hybridized carbons (Fsp3) is 0.467. The van der Waals surface area contributed by atoms with Crippen molar-refractivity contribution < 1.29 is 42.9 Å². The van der Waals surface area contributed by atoms with Crippen molar-refractivity contribution >= 4 is 24.1 Å². The highest BCUT2D eigenvalue weighted by molar-refractivity contribution is 5.77. The molecule has 0 aliphatic rings. The Bertz CT molecular complexity index is 1100. The molecule has 2 rings (SSSR count). The van der Waals surface area contributed by atoms with Crippen LogP contribution in [0.4, 0.5) is 4.79 Å². The van der Waals surface area contributed by atoms with E-state index in [0.717, 1.165) is 12.8 Å². The Labute approximate surface area is 235 Å². The van der Waals surface area contributed by atoms with Gasteiger partial charge in [-0.1, -0.05) is 51.0 Å². The summed E-state index contributed by atoms with van der Waals surface area (Å²) in [6, 6.07) is 12.5. The van der Waals surface area contributed by atoms with Gasteiger partial charge in [0.25, 0.3) is 0 Å². The summed E-state index contributed by atoms with van der Waals surface area (Å²) < 4.78 is 26.3. The van der Waals surface area contributed by atoms with Crippen LogP contribution in [0, 0.1) is 0 Å². The minimum atomic E-state index is -0.867. The molecule has 218 valence electrons. The van der Waals surface area contributed by atoms with Crippen LogP contribution in [0.15, 0.2) is 48.5 Å². The molecule has 1 N–H and O–H groups in total. The van der Waals surface area contributed by atoms with Crippen molar-refractivity contribution in [3.05, 3.63) is 54.1 Å². The van der Waals surface area contributed by atoms with Crippen LogP contribution in [0.3, 0.4) is 0 Å². The number of unbranched alkanes of at least 4 members (excludes halogenated alkanes) is 2. The molecule has 1 unspecified atom stereocenters. The van der Waals surface area contributed by atoms with Crippen LogP contribution in [0.2, 0.25) is 0 Å². The molecule has 0 aliphatic carbocycles. The van der Waals surface area contributed by atoms with Gasteiger partial charge in [-0.15, -0.1) is 0 Å². The van der Waals surface area contributed by atoms with Gasteiger partial charge in [-0.3, -0.25) is 14.4 Å². The van der Waals surface area contributed by atoms with Gasteiger partial charge in [0.15, 0.2) is 11.5 Å². The predicted molar refractivity (Wildman–Crippen MR) is 147 cm³/mol. The zero-order valence-electron chi connectivity index (χ0n) is 23.6. The Hall–Kier alpha value is -3.92. The van der Waals surface area contributed by atoms with Gasteiger partial charge >= 0.3 is 24.1 Å². The highest BCUT2D eigenvalue weighted by Crippen LogP contribution is 2.30. The van der Waals surface area contributed by atoms with Crippen molar-refractivity contribution in [3.63, 3.8) is 0 Å². The van der Waals surface area contributed by atoms with Crippen molar-refractivity contribution in [3.8, 4) is 17.2 Å². The lowest BCUT2D eigenvalue weighted by Gasteiger charge is -2.20. The van der Waals surface area contributed by atoms with E-state index >= 15 is 0 Å². The monoisotopic (exact) mass is 557 g/mol. The Morgan fingerprint density at radius 2 is 1.45 bits per heavy atom. The summed E-state index contributed by atoms with van der Waals surface area (Å²) in [5.74, 6) is -0.805. The average Bonchev–Trinajstić information content (AvgIpc) is 2.94. The van der Waals surface area contributed by atoms with Crippen molar-refractivity contribution in [1.82, 2.24) is 5.32 Å². The van der Waals surface area contributed by atoms with Gasteiger partial charge in [-0.2, -0.15) is 0 Å². The van der Waals surface area contributed by atoms with Crippen molar-refractivity contribution in [2.75, 3.05) is 13.7 Å². The molecular weight excluding hydrogens is 518 g/mol. The molecule has 0 spiro atoms. The summed E-state index contributed by atoms with van der Waals surface area (Å²) >= 11 is 0. The van der Waals surface area contributed by atoms with E-state index in [0.29, 0.717) is 24.2 Å². The number of carbonyl (C=O) groups excluding carboxylic acids is 4. The lowest BCUT2D eigenvalue weighted by molar-refractivity contribution is -0.143. The lowest BCUT2D eigenvalue weighted by atomic mass is 10.0. The third-order valence-corrected chi connectivity index (χ3v) is 5.74. The first-order valence-corrected chi connectivity index (χ1v) is 13.5. The molecule has 2 aromatic carbocycles. The molecular formula is C30H39NO9. The summed E-state index contributed by atoms with van der Waals surface area (Å²) in [6.07, 6.45) is 2.16. The first-order valence-electron chi connectivity index (χ1n) is 13.5. The second kappa shape index (κ2) is 17.6. The minimum absolute atomic E-state index is 0.104. The van der Waals surface area contributed by atoms with Crippen LogP contribution in [0.5, 0.6) is 17.2 Å². The summed E-state index contributed by atoms with van der Waals surface area (Å²) in [7, 11) is 1.27. The van der Waals surface area contributed by atoms with Gasteiger partial charge in [0.1, 0.15) is 17.9 Å². The quantitative estimate of drug-likeness (QED) is 0.168. The molecule has 10 nitrogen and oxygen atoms in total. The molecule has 0 radical (unpaired) electrons. The minimum Gasteiger partial charge on any atom is -0.468 e. The number of hydrogen-bond donors (Lipinski definition) is 1. The average molecular weight is 558 g/mol. The van der Waals surface area contributed by atoms with E-state index in [-0.39, 0.29) is 37.3 Å². The third kappa shape index (κ3) is 11.9. The molecule has 0 saturated heterocycles. The fourth-order valence-corrected chi connectivity index (χ4v) is 3.57. The fourth-order valence-electron chi connectivity index (χ4n) is 3.57. The Morgan fingerprint density at radius 1 is 0.825 bits per heavy atom. The number of carbonyl (C=O) groups is 4. The summed E-state index contributed by atoms with van der Waals surface area (Å²) in [4.78, 5) is 49.2. The van der Waals surface area contributed by atoms with E-state index in [1.54, 1.807) is 55.5 Å². The van der Waals surface area contributed by atoms with E-state index < -0.39 is 36.2 Å². The van der Waals surface area contributed by atoms with Crippen LogP contribution in [-0.4, -0.2) is 49.9 Å². The molecule has 0 aliphatic heterocycles. The van der Waals surface area contributed by atoms with Crippen LogP contribution >= 0.6 is 0 Å². The molecule has 0 saturated carbocycles. The van der Waals surface area contributed by atoms with E-state index in [2.05, 4.69) is 5.32 Å². The molecule has 0 heterocycles. The molecule has 0 bridgehead atoms.